The molecular weight excluding hydrogens is 362 g/mol. The van der Waals surface area contributed by atoms with E-state index in [0.717, 1.165) is 35.1 Å². The first-order chi connectivity index (χ1) is 13.1. The number of pyridine rings is 1. The van der Waals surface area contributed by atoms with Crippen molar-refractivity contribution in [1.29, 1.82) is 0 Å². The Labute approximate surface area is 161 Å². The molecule has 2 aromatic rings. The van der Waals surface area contributed by atoms with Crippen LogP contribution in [0.25, 0.3) is 0 Å². The van der Waals surface area contributed by atoms with Crippen molar-refractivity contribution in [2.24, 2.45) is 10.1 Å². The highest BCUT2D eigenvalue weighted by atomic mass is 32.2. The Morgan fingerprint density at radius 3 is 2.78 bits per heavy atom. The molecule has 3 rings (SSSR count). The second-order valence-electron chi connectivity index (χ2n) is 5.99. The summed E-state index contributed by atoms with van der Waals surface area (Å²) in [5, 5.41) is 8.37. The van der Waals surface area contributed by atoms with Crippen LogP contribution in [0.1, 0.15) is 18.9 Å². The Bertz CT molecular complexity index is 918. The highest BCUT2D eigenvalue weighted by Crippen LogP contribution is 2.17. The number of hydrogen-bond donors (Lipinski definition) is 2. The molecule has 0 aliphatic carbocycles. The van der Waals surface area contributed by atoms with Gasteiger partial charge in [0.2, 0.25) is 0 Å². The summed E-state index contributed by atoms with van der Waals surface area (Å²) in [6.07, 6.45) is 2.69. The zero-order valence-corrected chi connectivity index (χ0v) is 15.8. The number of aliphatic imine (C=N–C) groups is 1. The van der Waals surface area contributed by atoms with Crippen molar-refractivity contribution in [3.63, 3.8) is 0 Å². The summed E-state index contributed by atoms with van der Waals surface area (Å²) in [6.45, 7) is 2.62. The van der Waals surface area contributed by atoms with Crippen molar-refractivity contribution >= 4 is 34.2 Å². The maximum absolute atomic E-state index is 12.0. The van der Waals surface area contributed by atoms with E-state index in [4.69, 9.17) is 0 Å². The fourth-order valence-corrected chi connectivity index (χ4v) is 3.28. The van der Waals surface area contributed by atoms with Gasteiger partial charge in [0.15, 0.2) is 5.17 Å². The standard InChI is InChI=1S/C19H21N5O2S/c1-14(22-23-17(25)13-24-11-3-2-5-18(24)26)15-6-8-16(9-7-15)21-19-20-10-4-12-27-19/h2-3,5-9,11H,4,10,12-13H2,1H3,(H,20,21)(H,23,25)/b22-14-. The van der Waals surface area contributed by atoms with Crippen molar-refractivity contribution in [2.45, 2.75) is 19.9 Å². The van der Waals surface area contributed by atoms with Crippen molar-refractivity contribution in [2.75, 3.05) is 17.6 Å². The van der Waals surface area contributed by atoms with E-state index in [1.807, 2.05) is 31.2 Å². The number of aromatic nitrogens is 1. The van der Waals surface area contributed by atoms with Crippen LogP contribution in [-0.2, 0) is 11.3 Å². The van der Waals surface area contributed by atoms with Crippen LogP contribution in [0.15, 0.2) is 63.5 Å². The number of hydrazone groups is 1. The van der Waals surface area contributed by atoms with Gasteiger partial charge < -0.3 is 9.88 Å². The van der Waals surface area contributed by atoms with Gasteiger partial charge >= 0.3 is 0 Å². The largest absolute Gasteiger partial charge is 0.335 e. The molecule has 0 radical (unpaired) electrons. The summed E-state index contributed by atoms with van der Waals surface area (Å²) >= 11 is 1.72. The third-order valence-electron chi connectivity index (χ3n) is 3.91. The van der Waals surface area contributed by atoms with Crippen LogP contribution in [-0.4, -0.2) is 33.7 Å². The number of hydrogen-bond acceptors (Lipinski definition) is 6. The lowest BCUT2D eigenvalue weighted by atomic mass is 10.1. The minimum Gasteiger partial charge on any atom is -0.335 e. The molecule has 1 aliphatic rings. The van der Waals surface area contributed by atoms with Crippen molar-refractivity contribution < 1.29 is 4.79 Å². The molecule has 0 atom stereocenters. The second kappa shape index (κ2) is 9.18. The van der Waals surface area contributed by atoms with Crippen LogP contribution in [0.2, 0.25) is 0 Å². The maximum Gasteiger partial charge on any atom is 0.260 e. The highest BCUT2D eigenvalue weighted by Gasteiger charge is 2.07. The average molecular weight is 383 g/mol. The Hall–Kier alpha value is -2.87. The molecule has 0 bridgehead atoms. The van der Waals surface area contributed by atoms with E-state index in [9.17, 15) is 9.59 Å². The number of carbonyl (C=O) groups excluding carboxylic acids is 1. The molecule has 0 fully saturated rings. The molecule has 7 nitrogen and oxygen atoms in total. The van der Waals surface area contributed by atoms with E-state index < -0.39 is 0 Å². The normalized spacial score (nSPS) is 14.4. The van der Waals surface area contributed by atoms with Gasteiger partial charge in [-0.05, 0) is 37.1 Å². The van der Waals surface area contributed by atoms with Gasteiger partial charge in [0, 0.05) is 30.2 Å². The summed E-state index contributed by atoms with van der Waals surface area (Å²) in [5.41, 5.74) is 4.81. The summed E-state index contributed by atoms with van der Waals surface area (Å²) < 4.78 is 1.33. The topological polar surface area (TPSA) is 87.8 Å². The summed E-state index contributed by atoms with van der Waals surface area (Å²) in [6, 6.07) is 12.5. The van der Waals surface area contributed by atoms with Gasteiger partial charge in [0.25, 0.3) is 11.5 Å². The van der Waals surface area contributed by atoms with Gasteiger partial charge in [-0.25, -0.2) is 5.43 Å². The van der Waals surface area contributed by atoms with Crippen molar-refractivity contribution in [1.82, 2.24) is 9.99 Å². The lowest BCUT2D eigenvalue weighted by Gasteiger charge is -2.13. The number of amides is 1. The molecule has 1 aromatic heterocycles. The molecule has 2 N–H and O–H groups in total. The number of benzene rings is 1. The van der Waals surface area contributed by atoms with Crippen LogP contribution in [0.3, 0.4) is 0 Å². The van der Waals surface area contributed by atoms with Crippen molar-refractivity contribution in [3.8, 4) is 0 Å². The van der Waals surface area contributed by atoms with Gasteiger partial charge in [-0.15, -0.1) is 0 Å². The second-order valence-corrected chi connectivity index (χ2v) is 7.07. The number of thioether (sulfide) groups is 1. The Morgan fingerprint density at radius 2 is 2.07 bits per heavy atom. The van der Waals surface area contributed by atoms with E-state index in [0.29, 0.717) is 5.71 Å². The quantitative estimate of drug-likeness (QED) is 0.613. The van der Waals surface area contributed by atoms with Crippen LogP contribution in [0.5, 0.6) is 0 Å². The van der Waals surface area contributed by atoms with Gasteiger partial charge in [-0.1, -0.05) is 30.0 Å². The van der Waals surface area contributed by atoms with Gasteiger partial charge in [-0.2, -0.15) is 5.10 Å². The Balaban J connectivity index is 1.57. The third-order valence-corrected chi connectivity index (χ3v) is 4.91. The minimum absolute atomic E-state index is 0.0703. The van der Waals surface area contributed by atoms with E-state index in [1.165, 1.54) is 10.6 Å². The summed E-state index contributed by atoms with van der Waals surface area (Å²) in [4.78, 5) is 28.0. The fourth-order valence-electron chi connectivity index (χ4n) is 2.45. The summed E-state index contributed by atoms with van der Waals surface area (Å²) in [7, 11) is 0. The molecule has 2 heterocycles. The molecule has 1 amide bonds. The smallest absolute Gasteiger partial charge is 0.260 e. The molecule has 8 heteroatoms. The molecule has 0 spiro atoms. The zero-order valence-electron chi connectivity index (χ0n) is 15.0. The van der Waals surface area contributed by atoms with Crippen LogP contribution < -0.4 is 16.3 Å². The van der Waals surface area contributed by atoms with Gasteiger partial charge in [-0.3, -0.25) is 14.6 Å². The zero-order chi connectivity index (χ0) is 19.1. The van der Waals surface area contributed by atoms with E-state index in [-0.39, 0.29) is 18.0 Å². The van der Waals surface area contributed by atoms with E-state index in [1.54, 1.807) is 30.1 Å². The molecule has 140 valence electrons. The number of carbonyl (C=O) groups is 1. The first kappa shape index (κ1) is 18.9. The molecule has 1 aliphatic heterocycles. The monoisotopic (exact) mass is 383 g/mol. The van der Waals surface area contributed by atoms with E-state index in [2.05, 4.69) is 20.8 Å². The SMILES string of the molecule is C/C(=N/NC(=O)Cn1ccccc1=O)c1ccc(NC2=NCCCS2)cc1. The van der Waals surface area contributed by atoms with Crippen LogP contribution >= 0.6 is 11.8 Å². The maximum atomic E-state index is 12.0. The fraction of sp³-hybridized carbons (Fsp3) is 0.263. The Morgan fingerprint density at radius 1 is 1.26 bits per heavy atom. The lowest BCUT2D eigenvalue weighted by molar-refractivity contribution is -0.121. The van der Waals surface area contributed by atoms with Crippen LogP contribution in [0.4, 0.5) is 5.69 Å². The predicted octanol–water partition coefficient (Wildman–Crippen LogP) is 2.29. The molecular formula is C19H21N5O2S. The lowest BCUT2D eigenvalue weighted by Crippen LogP contribution is -2.29. The first-order valence-corrected chi connectivity index (χ1v) is 9.64. The number of nitrogens with one attached hydrogen (secondary N) is 2. The van der Waals surface area contributed by atoms with Gasteiger partial charge in [0.1, 0.15) is 6.54 Å². The average Bonchev–Trinajstić information content (AvgIpc) is 2.69. The third kappa shape index (κ3) is 5.55. The molecule has 0 saturated carbocycles. The number of rotatable bonds is 5. The predicted molar refractivity (Wildman–Crippen MR) is 110 cm³/mol. The first-order valence-electron chi connectivity index (χ1n) is 8.65. The van der Waals surface area contributed by atoms with Crippen molar-refractivity contribution in [3.05, 3.63) is 64.6 Å². The number of nitrogens with zero attached hydrogens (tertiary/aromatic N) is 3. The molecule has 27 heavy (non-hydrogen) atoms. The highest BCUT2D eigenvalue weighted by molar-refractivity contribution is 8.14. The van der Waals surface area contributed by atoms with Crippen LogP contribution in [0, 0.1) is 0 Å². The van der Waals surface area contributed by atoms with E-state index >= 15 is 0 Å². The number of anilines is 1. The molecule has 0 unspecified atom stereocenters. The number of amidine groups is 1. The molecule has 1 aromatic carbocycles. The van der Waals surface area contributed by atoms with Gasteiger partial charge in [0.05, 0.1) is 5.71 Å². The Kier molecular flexibility index (Phi) is 6.43. The molecule has 0 saturated heterocycles. The summed E-state index contributed by atoms with van der Waals surface area (Å²) in [5.74, 6) is 0.734. The minimum atomic E-state index is -0.353.